The highest BCUT2D eigenvalue weighted by molar-refractivity contribution is 5.85. The number of ether oxygens (including phenoxy) is 1. The second kappa shape index (κ2) is 5.65. The summed E-state index contributed by atoms with van der Waals surface area (Å²) in [5, 5.41) is 4.01. The molecule has 2 rings (SSSR count). The van der Waals surface area contributed by atoms with Gasteiger partial charge in [-0.25, -0.2) is 4.68 Å². The first-order valence-electron chi connectivity index (χ1n) is 6.58. The van der Waals surface area contributed by atoms with Gasteiger partial charge in [0.2, 0.25) is 5.91 Å². The molecule has 0 spiro atoms. The van der Waals surface area contributed by atoms with E-state index in [1.807, 2.05) is 0 Å². The van der Waals surface area contributed by atoms with Crippen molar-refractivity contribution in [3.05, 3.63) is 28.2 Å². The summed E-state index contributed by atoms with van der Waals surface area (Å²) in [4.78, 5) is 36.8. The third kappa shape index (κ3) is 3.27. The van der Waals surface area contributed by atoms with Gasteiger partial charge >= 0.3 is 0 Å². The summed E-state index contributed by atoms with van der Waals surface area (Å²) in [7, 11) is 0. The third-order valence-electron chi connectivity index (χ3n) is 3.43. The lowest BCUT2D eigenvalue weighted by Crippen LogP contribution is -2.58. The number of morpholine rings is 1. The van der Waals surface area contributed by atoms with Crippen molar-refractivity contribution in [1.82, 2.24) is 14.7 Å². The molecule has 0 bridgehead atoms. The lowest BCUT2D eigenvalue weighted by atomic mass is 10.0. The minimum Gasteiger partial charge on any atom is -0.367 e. The van der Waals surface area contributed by atoms with Crippen LogP contribution in [0.5, 0.6) is 0 Å². The van der Waals surface area contributed by atoms with E-state index in [0.29, 0.717) is 12.2 Å². The zero-order chi connectivity index (χ0) is 15.6. The Morgan fingerprint density at radius 1 is 1.48 bits per heavy atom. The molecule has 1 atom stereocenters. The van der Waals surface area contributed by atoms with Gasteiger partial charge in [0.15, 0.2) is 5.60 Å². The summed E-state index contributed by atoms with van der Waals surface area (Å²) in [5.74, 6) is -0.920. The molecule has 1 aliphatic heterocycles. The largest absolute Gasteiger partial charge is 0.367 e. The predicted molar refractivity (Wildman–Crippen MR) is 73.4 cm³/mol. The number of rotatable bonds is 3. The number of carbonyl (C=O) groups excluding carboxylic acids is 2. The lowest BCUT2D eigenvalue weighted by molar-refractivity contribution is -0.160. The zero-order valence-corrected chi connectivity index (χ0v) is 12.0. The van der Waals surface area contributed by atoms with E-state index in [0.717, 1.165) is 4.68 Å². The number of nitrogens with zero attached hydrogens (tertiary/aromatic N) is 3. The Morgan fingerprint density at radius 3 is 2.86 bits per heavy atom. The highest BCUT2D eigenvalue weighted by Crippen LogP contribution is 2.17. The van der Waals surface area contributed by atoms with Crippen molar-refractivity contribution >= 4 is 11.8 Å². The molecule has 8 heteroatoms. The third-order valence-corrected chi connectivity index (χ3v) is 3.43. The molecule has 1 fully saturated rings. The first-order chi connectivity index (χ1) is 9.82. The molecular formula is C13H18N4O4. The molecule has 2 N–H and O–H groups in total. The van der Waals surface area contributed by atoms with Gasteiger partial charge in [0.05, 0.1) is 18.8 Å². The van der Waals surface area contributed by atoms with Crippen LogP contribution in [0.25, 0.3) is 0 Å². The van der Waals surface area contributed by atoms with E-state index in [2.05, 4.69) is 5.10 Å². The molecular weight excluding hydrogens is 276 g/mol. The highest BCUT2D eigenvalue weighted by Gasteiger charge is 2.39. The Labute approximate surface area is 121 Å². The maximum Gasteiger partial charge on any atom is 0.267 e. The van der Waals surface area contributed by atoms with Gasteiger partial charge in [-0.2, -0.15) is 5.10 Å². The Hall–Kier alpha value is -2.22. The SMILES string of the molecule is Cc1ccc(=O)n(CC(=O)N2CCO[C@@](C)(C(N)=O)C2)n1. The fourth-order valence-electron chi connectivity index (χ4n) is 2.12. The van der Waals surface area contributed by atoms with Crippen molar-refractivity contribution in [3.63, 3.8) is 0 Å². The quantitative estimate of drug-likeness (QED) is 0.742. The molecule has 0 aliphatic carbocycles. The molecule has 114 valence electrons. The Bertz CT molecular complexity index is 627. The molecule has 2 heterocycles. The molecule has 21 heavy (non-hydrogen) atoms. The van der Waals surface area contributed by atoms with Crippen LogP contribution in [0.3, 0.4) is 0 Å². The van der Waals surface area contributed by atoms with E-state index in [-0.39, 0.29) is 31.2 Å². The number of primary amides is 1. The summed E-state index contributed by atoms with van der Waals surface area (Å²) in [6, 6.07) is 2.95. The van der Waals surface area contributed by atoms with Gasteiger partial charge in [0.1, 0.15) is 6.54 Å². The Morgan fingerprint density at radius 2 is 2.19 bits per heavy atom. The minimum atomic E-state index is -1.20. The average Bonchev–Trinajstić information content (AvgIpc) is 2.42. The summed E-state index contributed by atoms with van der Waals surface area (Å²) >= 11 is 0. The van der Waals surface area contributed by atoms with Crippen LogP contribution >= 0.6 is 0 Å². The first-order valence-corrected chi connectivity index (χ1v) is 6.58. The summed E-state index contributed by atoms with van der Waals surface area (Å²) in [6.07, 6.45) is 0. The van der Waals surface area contributed by atoms with Gasteiger partial charge < -0.3 is 15.4 Å². The van der Waals surface area contributed by atoms with Crippen LogP contribution in [-0.2, 0) is 20.9 Å². The van der Waals surface area contributed by atoms with Crippen molar-refractivity contribution in [1.29, 1.82) is 0 Å². The number of hydrogen-bond acceptors (Lipinski definition) is 5. The van der Waals surface area contributed by atoms with Gasteiger partial charge in [0, 0.05) is 12.6 Å². The number of aryl methyl sites for hydroxylation is 1. The highest BCUT2D eigenvalue weighted by atomic mass is 16.5. The van der Waals surface area contributed by atoms with Crippen LogP contribution in [0.1, 0.15) is 12.6 Å². The summed E-state index contributed by atoms with van der Waals surface area (Å²) in [6.45, 7) is 3.76. The van der Waals surface area contributed by atoms with Crippen LogP contribution in [0.15, 0.2) is 16.9 Å². The molecule has 0 saturated carbocycles. The molecule has 1 aromatic heterocycles. The zero-order valence-electron chi connectivity index (χ0n) is 12.0. The van der Waals surface area contributed by atoms with Gasteiger partial charge in [-0.15, -0.1) is 0 Å². The maximum absolute atomic E-state index is 12.3. The fraction of sp³-hybridized carbons (Fsp3) is 0.538. The summed E-state index contributed by atoms with van der Waals surface area (Å²) < 4.78 is 6.45. The average molecular weight is 294 g/mol. The molecule has 0 radical (unpaired) electrons. The first kappa shape index (κ1) is 15.2. The van der Waals surface area contributed by atoms with Crippen LogP contribution in [-0.4, -0.2) is 51.8 Å². The fourth-order valence-corrected chi connectivity index (χ4v) is 2.12. The number of aromatic nitrogens is 2. The van der Waals surface area contributed by atoms with E-state index in [4.69, 9.17) is 10.5 Å². The topological polar surface area (TPSA) is 108 Å². The van der Waals surface area contributed by atoms with Gasteiger partial charge in [0.25, 0.3) is 11.5 Å². The van der Waals surface area contributed by atoms with Crippen molar-refractivity contribution in [2.75, 3.05) is 19.7 Å². The molecule has 2 amide bonds. The van der Waals surface area contributed by atoms with Gasteiger partial charge in [-0.1, -0.05) is 0 Å². The molecule has 0 aromatic carbocycles. The maximum atomic E-state index is 12.3. The van der Waals surface area contributed by atoms with E-state index in [9.17, 15) is 14.4 Å². The van der Waals surface area contributed by atoms with E-state index in [1.54, 1.807) is 19.9 Å². The second-order valence-corrected chi connectivity index (χ2v) is 5.23. The van der Waals surface area contributed by atoms with Crippen LogP contribution in [0.4, 0.5) is 0 Å². The Balaban J connectivity index is 2.12. The van der Waals surface area contributed by atoms with Crippen LogP contribution in [0, 0.1) is 6.92 Å². The van der Waals surface area contributed by atoms with Crippen molar-refractivity contribution < 1.29 is 14.3 Å². The molecule has 8 nitrogen and oxygen atoms in total. The van der Waals surface area contributed by atoms with Crippen molar-refractivity contribution in [2.24, 2.45) is 5.73 Å². The number of carbonyl (C=O) groups is 2. The lowest BCUT2D eigenvalue weighted by Gasteiger charge is -2.38. The monoisotopic (exact) mass is 294 g/mol. The normalized spacial score (nSPS) is 22.1. The molecule has 1 saturated heterocycles. The molecule has 1 aromatic rings. The number of hydrogen-bond donors (Lipinski definition) is 1. The predicted octanol–water partition coefficient (Wildman–Crippen LogP) is -1.35. The minimum absolute atomic E-state index is 0.0712. The molecule has 1 aliphatic rings. The van der Waals surface area contributed by atoms with E-state index >= 15 is 0 Å². The van der Waals surface area contributed by atoms with Crippen molar-refractivity contribution in [3.8, 4) is 0 Å². The van der Waals surface area contributed by atoms with Gasteiger partial charge in [-0.05, 0) is 19.9 Å². The number of nitrogens with two attached hydrogens (primary N) is 1. The molecule has 0 unspecified atom stereocenters. The van der Waals surface area contributed by atoms with Crippen LogP contribution < -0.4 is 11.3 Å². The smallest absolute Gasteiger partial charge is 0.267 e. The standard InChI is InChI=1S/C13H18N4O4/c1-9-3-4-10(18)17(15-9)7-11(19)16-5-6-21-13(2,8-16)12(14)20/h3-4H,5-8H2,1-2H3,(H2,14,20)/t13-/m1/s1. The van der Waals surface area contributed by atoms with Crippen LogP contribution in [0.2, 0.25) is 0 Å². The van der Waals surface area contributed by atoms with E-state index in [1.165, 1.54) is 11.0 Å². The number of amides is 2. The summed E-state index contributed by atoms with van der Waals surface area (Å²) in [5.41, 5.74) is 4.39. The van der Waals surface area contributed by atoms with E-state index < -0.39 is 11.5 Å². The van der Waals surface area contributed by atoms with Gasteiger partial charge in [-0.3, -0.25) is 14.4 Å². The Kier molecular flexibility index (Phi) is 4.08. The second-order valence-electron chi connectivity index (χ2n) is 5.23. The van der Waals surface area contributed by atoms with Crippen molar-refractivity contribution in [2.45, 2.75) is 26.0 Å².